The lowest BCUT2D eigenvalue weighted by molar-refractivity contribution is 0.0967. The number of benzene rings is 3. The van der Waals surface area contributed by atoms with Crippen molar-refractivity contribution in [2.75, 3.05) is 7.11 Å². The van der Waals surface area contributed by atoms with Gasteiger partial charge in [0.05, 0.1) is 19.9 Å². The number of hydrogen-bond acceptors (Lipinski definition) is 4. The molecule has 0 radical (unpaired) electrons. The molecule has 6 nitrogen and oxygen atoms in total. The number of aromatic nitrogens is 4. The van der Waals surface area contributed by atoms with E-state index in [0.717, 1.165) is 22.5 Å². The third-order valence-corrected chi connectivity index (χ3v) is 5.30. The molecule has 0 bridgehead atoms. The van der Waals surface area contributed by atoms with Crippen molar-refractivity contribution in [1.82, 2.24) is 19.6 Å². The number of nitrogens with zero attached hydrogens (tertiary/aromatic N) is 4. The van der Waals surface area contributed by atoms with Crippen LogP contribution in [0.5, 0.6) is 5.75 Å². The minimum Gasteiger partial charge on any atom is -0.497 e. The van der Waals surface area contributed by atoms with Crippen molar-refractivity contribution in [3.05, 3.63) is 90.3 Å². The fourth-order valence-electron chi connectivity index (χ4n) is 3.84. The van der Waals surface area contributed by atoms with Gasteiger partial charge in [0.2, 0.25) is 0 Å². The van der Waals surface area contributed by atoms with Gasteiger partial charge in [0.25, 0.3) is 0 Å². The topological polar surface area (TPSA) is 61.9 Å². The Morgan fingerprint density at radius 3 is 2.17 bits per heavy atom. The predicted molar refractivity (Wildman–Crippen MR) is 116 cm³/mol. The summed E-state index contributed by atoms with van der Waals surface area (Å²) in [6.45, 7) is 0.733. The average molecular weight is 396 g/mol. The van der Waals surface area contributed by atoms with Gasteiger partial charge in [0.15, 0.2) is 5.78 Å². The second kappa shape index (κ2) is 7.48. The van der Waals surface area contributed by atoms with Gasteiger partial charge in [-0.2, -0.15) is 0 Å². The van der Waals surface area contributed by atoms with Crippen molar-refractivity contribution < 1.29 is 9.53 Å². The van der Waals surface area contributed by atoms with Crippen molar-refractivity contribution >= 4 is 27.6 Å². The molecule has 30 heavy (non-hydrogen) atoms. The van der Waals surface area contributed by atoms with Crippen LogP contribution in [0.25, 0.3) is 21.8 Å². The maximum atomic E-state index is 12.6. The van der Waals surface area contributed by atoms with Crippen LogP contribution in [0.3, 0.4) is 0 Å². The Labute approximate surface area is 173 Å². The number of rotatable bonds is 6. The first-order valence-corrected chi connectivity index (χ1v) is 9.75. The molecule has 0 aliphatic heterocycles. The van der Waals surface area contributed by atoms with Crippen LogP contribution in [0.1, 0.15) is 16.1 Å². The zero-order valence-corrected chi connectivity index (χ0v) is 16.5. The van der Waals surface area contributed by atoms with E-state index in [1.165, 1.54) is 10.8 Å². The molecular formula is C24H20N4O2. The molecular weight excluding hydrogens is 376 g/mol. The van der Waals surface area contributed by atoms with Gasteiger partial charge in [0.1, 0.15) is 18.0 Å². The van der Waals surface area contributed by atoms with Gasteiger partial charge in [-0.25, -0.2) is 4.68 Å². The zero-order valence-electron chi connectivity index (χ0n) is 16.5. The lowest BCUT2D eigenvalue weighted by atomic mass is 10.1. The lowest BCUT2D eigenvalue weighted by Gasteiger charge is -2.05. The number of carbonyl (C=O) groups is 1. The first kappa shape index (κ1) is 18.1. The summed E-state index contributed by atoms with van der Waals surface area (Å²) in [6.07, 6.45) is 1.84. The number of Topliss-reactive ketones (excluding diaryl/α,β-unsaturated/α-hetero) is 1. The Balaban J connectivity index is 1.40. The van der Waals surface area contributed by atoms with Crippen LogP contribution in [0.4, 0.5) is 0 Å². The number of hydrogen-bond donors (Lipinski definition) is 0. The summed E-state index contributed by atoms with van der Waals surface area (Å²) in [6, 6.07) is 23.8. The summed E-state index contributed by atoms with van der Waals surface area (Å²) >= 11 is 0. The predicted octanol–water partition coefficient (Wildman–Crippen LogP) is 4.33. The molecule has 5 aromatic rings. The molecule has 0 saturated heterocycles. The molecule has 5 rings (SSSR count). The van der Waals surface area contributed by atoms with Gasteiger partial charge >= 0.3 is 0 Å². The molecule has 0 N–H and O–H groups in total. The van der Waals surface area contributed by atoms with E-state index in [1.54, 1.807) is 36.1 Å². The second-order valence-electron chi connectivity index (χ2n) is 7.18. The van der Waals surface area contributed by atoms with Gasteiger partial charge in [-0.1, -0.05) is 41.6 Å². The Morgan fingerprint density at radius 1 is 0.900 bits per heavy atom. The van der Waals surface area contributed by atoms with E-state index < -0.39 is 0 Å². The van der Waals surface area contributed by atoms with Crippen molar-refractivity contribution in [2.45, 2.75) is 13.1 Å². The number of fused-ring (bicyclic) bond motifs is 3. The highest BCUT2D eigenvalue weighted by Gasteiger charge is 2.13. The van der Waals surface area contributed by atoms with Gasteiger partial charge in [-0.05, 0) is 36.4 Å². The molecule has 148 valence electrons. The standard InChI is InChI=1S/C24H20N4O2/c1-30-19-12-10-17(11-13-19)24(29)16-27-14-18(25-26-27)15-28-22-8-4-2-6-20(22)21-7-3-5-9-23(21)28/h2-14H,15-16H2,1H3. The first-order valence-electron chi connectivity index (χ1n) is 9.75. The molecule has 0 aliphatic carbocycles. The molecule has 0 amide bonds. The van der Waals surface area contributed by atoms with Gasteiger partial charge in [-0.3, -0.25) is 4.79 Å². The fraction of sp³-hybridized carbons (Fsp3) is 0.125. The molecule has 2 heterocycles. The van der Waals surface area contributed by atoms with Gasteiger partial charge < -0.3 is 9.30 Å². The lowest BCUT2D eigenvalue weighted by Crippen LogP contribution is -2.11. The van der Waals surface area contributed by atoms with E-state index >= 15 is 0 Å². The third kappa shape index (κ3) is 3.22. The molecule has 0 saturated carbocycles. The van der Waals surface area contributed by atoms with Crippen molar-refractivity contribution in [3.8, 4) is 5.75 Å². The van der Waals surface area contributed by atoms with E-state index in [2.05, 4.69) is 51.3 Å². The highest BCUT2D eigenvalue weighted by molar-refractivity contribution is 6.08. The molecule has 0 atom stereocenters. The Kier molecular flexibility index (Phi) is 4.52. The van der Waals surface area contributed by atoms with Crippen LogP contribution in [0, 0.1) is 0 Å². The number of ether oxygens (including phenoxy) is 1. The van der Waals surface area contributed by atoms with Crippen LogP contribution < -0.4 is 4.74 Å². The maximum absolute atomic E-state index is 12.6. The molecule has 3 aromatic carbocycles. The van der Waals surface area contributed by atoms with Crippen LogP contribution in [-0.2, 0) is 13.1 Å². The van der Waals surface area contributed by atoms with E-state index in [-0.39, 0.29) is 12.3 Å². The molecule has 0 spiro atoms. The summed E-state index contributed by atoms with van der Waals surface area (Å²) < 4.78 is 8.97. The summed E-state index contributed by atoms with van der Waals surface area (Å²) in [5.74, 6) is 0.701. The zero-order chi connectivity index (χ0) is 20.5. The highest BCUT2D eigenvalue weighted by atomic mass is 16.5. The quantitative estimate of drug-likeness (QED) is 0.401. The minimum atomic E-state index is -0.0223. The van der Waals surface area contributed by atoms with E-state index in [9.17, 15) is 4.79 Å². The average Bonchev–Trinajstić information content (AvgIpc) is 3.37. The Hall–Kier alpha value is -3.93. The molecule has 0 aliphatic rings. The number of para-hydroxylation sites is 2. The highest BCUT2D eigenvalue weighted by Crippen LogP contribution is 2.29. The van der Waals surface area contributed by atoms with Crippen LogP contribution in [0.2, 0.25) is 0 Å². The smallest absolute Gasteiger partial charge is 0.184 e. The van der Waals surface area contributed by atoms with Crippen molar-refractivity contribution in [2.24, 2.45) is 0 Å². The summed E-state index contributed by atoms with van der Waals surface area (Å²) in [5, 5.41) is 10.9. The number of carbonyl (C=O) groups excluding carboxylic acids is 1. The van der Waals surface area contributed by atoms with E-state index in [0.29, 0.717) is 12.1 Å². The molecule has 0 fully saturated rings. The Bertz CT molecular complexity index is 1300. The van der Waals surface area contributed by atoms with Crippen molar-refractivity contribution in [3.63, 3.8) is 0 Å². The first-order chi connectivity index (χ1) is 14.7. The SMILES string of the molecule is COc1ccc(C(=O)Cn2cc(Cn3c4ccccc4c4ccccc43)nn2)cc1. The maximum Gasteiger partial charge on any atom is 0.184 e. The van der Waals surface area contributed by atoms with Crippen molar-refractivity contribution in [1.29, 1.82) is 0 Å². The largest absolute Gasteiger partial charge is 0.497 e. The van der Waals surface area contributed by atoms with Gasteiger partial charge in [0, 0.05) is 27.4 Å². The molecule has 2 aromatic heterocycles. The summed E-state index contributed by atoms with van der Waals surface area (Å²) in [4.78, 5) is 12.6. The van der Waals surface area contributed by atoms with Gasteiger partial charge in [-0.15, -0.1) is 5.10 Å². The second-order valence-corrected chi connectivity index (χ2v) is 7.18. The van der Waals surface area contributed by atoms with Crippen LogP contribution in [-0.4, -0.2) is 32.5 Å². The fourth-order valence-corrected chi connectivity index (χ4v) is 3.84. The molecule has 0 unspecified atom stereocenters. The normalized spacial score (nSPS) is 11.2. The van der Waals surface area contributed by atoms with Crippen LogP contribution >= 0.6 is 0 Å². The van der Waals surface area contributed by atoms with E-state index in [1.807, 2.05) is 18.3 Å². The minimum absolute atomic E-state index is 0.0223. The number of ketones is 1. The third-order valence-electron chi connectivity index (χ3n) is 5.30. The monoisotopic (exact) mass is 396 g/mol. The summed E-state index contributed by atoms with van der Waals surface area (Å²) in [7, 11) is 1.60. The molecule has 6 heteroatoms. The Morgan fingerprint density at radius 2 is 1.53 bits per heavy atom. The summed E-state index contributed by atoms with van der Waals surface area (Å²) in [5.41, 5.74) is 3.74. The number of methoxy groups -OCH3 is 1. The van der Waals surface area contributed by atoms with E-state index in [4.69, 9.17) is 4.74 Å². The van der Waals surface area contributed by atoms with Crippen LogP contribution in [0.15, 0.2) is 79.0 Å².